The fourth-order valence-electron chi connectivity index (χ4n) is 2.83. The van der Waals surface area contributed by atoms with E-state index in [2.05, 4.69) is 35.9 Å². The summed E-state index contributed by atoms with van der Waals surface area (Å²) in [6.07, 6.45) is 2.83. The molecule has 1 aliphatic rings. The van der Waals surface area contributed by atoms with Gasteiger partial charge in [-0.15, -0.1) is 12.4 Å². The summed E-state index contributed by atoms with van der Waals surface area (Å²) in [4.78, 5) is 7.02. The Morgan fingerprint density at radius 2 is 2.05 bits per heavy atom. The molecule has 0 amide bonds. The minimum absolute atomic E-state index is 0. The number of nitrogens with two attached hydrogens (primary N) is 1. The van der Waals surface area contributed by atoms with Crippen LogP contribution in [0.4, 0.5) is 0 Å². The molecule has 0 radical (unpaired) electrons. The summed E-state index contributed by atoms with van der Waals surface area (Å²) in [7, 11) is 0. The van der Waals surface area contributed by atoms with Gasteiger partial charge in [-0.2, -0.15) is 0 Å². The van der Waals surface area contributed by atoms with Crippen LogP contribution in [0.3, 0.4) is 0 Å². The summed E-state index contributed by atoms with van der Waals surface area (Å²) in [5.74, 6) is 1.24. The number of rotatable bonds is 3. The molecule has 0 aliphatic carbocycles. The van der Waals surface area contributed by atoms with Gasteiger partial charge in [0.2, 0.25) is 5.89 Å². The topological polar surface area (TPSA) is 55.3 Å². The minimum Gasteiger partial charge on any atom is -0.444 e. The zero-order chi connectivity index (χ0) is 14.8. The number of aryl methyl sites for hydroxylation is 1. The van der Waals surface area contributed by atoms with E-state index in [-0.39, 0.29) is 12.4 Å². The van der Waals surface area contributed by atoms with E-state index in [0.29, 0.717) is 17.9 Å². The highest BCUT2D eigenvalue weighted by atomic mass is 35.5. The summed E-state index contributed by atoms with van der Waals surface area (Å²) in [6, 6.07) is 8.58. The predicted octanol–water partition coefficient (Wildman–Crippen LogP) is 3.24. The van der Waals surface area contributed by atoms with Crippen molar-refractivity contribution in [1.29, 1.82) is 0 Å². The van der Waals surface area contributed by atoms with Crippen molar-refractivity contribution < 1.29 is 4.42 Å². The van der Waals surface area contributed by atoms with Crippen LogP contribution in [-0.4, -0.2) is 29.0 Å². The van der Waals surface area contributed by atoms with E-state index < -0.39 is 0 Å². The van der Waals surface area contributed by atoms with E-state index in [9.17, 15) is 0 Å². The zero-order valence-electron chi connectivity index (χ0n) is 13.2. The van der Waals surface area contributed by atoms with Crippen LogP contribution in [-0.2, 0) is 6.54 Å². The van der Waals surface area contributed by atoms with Crippen molar-refractivity contribution in [3.05, 3.63) is 41.8 Å². The Kier molecular flexibility index (Phi) is 5.62. The standard InChI is InChI=1S/C17H23N3O.ClH/c1-12-3-5-14(6-4-12)17-19-15(11-21-17)10-20-8-7-16(18)13(2)9-20;/h3-6,11,13,16H,7-10,18H2,1-2H3;1H. The Hall–Kier alpha value is -1.36. The van der Waals surface area contributed by atoms with Gasteiger partial charge in [0.25, 0.3) is 0 Å². The normalized spacial score (nSPS) is 22.3. The molecular weight excluding hydrogens is 298 g/mol. The van der Waals surface area contributed by atoms with Crippen LogP contribution >= 0.6 is 12.4 Å². The lowest BCUT2D eigenvalue weighted by atomic mass is 9.95. The molecule has 1 aliphatic heterocycles. The molecule has 0 saturated carbocycles. The van der Waals surface area contributed by atoms with Crippen molar-refractivity contribution in [2.24, 2.45) is 11.7 Å². The van der Waals surface area contributed by atoms with Crippen molar-refractivity contribution in [3.8, 4) is 11.5 Å². The first-order valence-electron chi connectivity index (χ1n) is 7.61. The average Bonchev–Trinajstić information content (AvgIpc) is 2.92. The minimum atomic E-state index is 0. The second-order valence-corrected chi connectivity index (χ2v) is 6.17. The largest absolute Gasteiger partial charge is 0.444 e. The van der Waals surface area contributed by atoms with Crippen molar-refractivity contribution in [1.82, 2.24) is 9.88 Å². The van der Waals surface area contributed by atoms with E-state index in [0.717, 1.165) is 37.3 Å². The van der Waals surface area contributed by atoms with Crippen LogP contribution < -0.4 is 5.73 Å². The van der Waals surface area contributed by atoms with Gasteiger partial charge in [-0.05, 0) is 31.4 Å². The molecule has 2 N–H and O–H groups in total. The Balaban J connectivity index is 0.00000176. The fourth-order valence-corrected chi connectivity index (χ4v) is 2.83. The van der Waals surface area contributed by atoms with Crippen molar-refractivity contribution in [2.45, 2.75) is 32.9 Å². The quantitative estimate of drug-likeness (QED) is 0.943. The van der Waals surface area contributed by atoms with Crippen LogP contribution in [0.2, 0.25) is 0 Å². The SMILES string of the molecule is Cc1ccc(-c2nc(CN3CCC(N)C(C)C3)co2)cc1.Cl. The molecule has 2 aromatic rings. The van der Waals surface area contributed by atoms with Gasteiger partial charge in [0, 0.05) is 31.2 Å². The maximum Gasteiger partial charge on any atom is 0.226 e. The van der Waals surface area contributed by atoms with Crippen molar-refractivity contribution in [3.63, 3.8) is 0 Å². The van der Waals surface area contributed by atoms with E-state index >= 15 is 0 Å². The second-order valence-electron chi connectivity index (χ2n) is 6.17. The highest BCUT2D eigenvalue weighted by Gasteiger charge is 2.23. The third kappa shape index (κ3) is 3.88. The summed E-state index contributed by atoms with van der Waals surface area (Å²) in [5, 5.41) is 0. The Labute approximate surface area is 138 Å². The molecule has 5 heteroatoms. The number of hydrogen-bond acceptors (Lipinski definition) is 4. The van der Waals surface area contributed by atoms with Gasteiger partial charge in [0.15, 0.2) is 0 Å². The molecule has 1 aromatic carbocycles. The molecule has 0 spiro atoms. The summed E-state index contributed by atoms with van der Waals surface area (Å²) in [5.41, 5.74) is 9.33. The average molecular weight is 322 g/mol. The van der Waals surface area contributed by atoms with Crippen molar-refractivity contribution in [2.75, 3.05) is 13.1 Å². The number of aromatic nitrogens is 1. The van der Waals surface area contributed by atoms with Gasteiger partial charge in [-0.3, -0.25) is 4.90 Å². The van der Waals surface area contributed by atoms with Crippen LogP contribution in [0, 0.1) is 12.8 Å². The summed E-state index contributed by atoms with van der Waals surface area (Å²) < 4.78 is 5.62. The van der Waals surface area contributed by atoms with Gasteiger partial charge in [-0.1, -0.05) is 24.6 Å². The molecule has 2 unspecified atom stereocenters. The molecule has 1 saturated heterocycles. The number of benzene rings is 1. The van der Waals surface area contributed by atoms with E-state index in [1.807, 2.05) is 12.1 Å². The fraction of sp³-hybridized carbons (Fsp3) is 0.471. The number of halogens is 1. The lowest BCUT2D eigenvalue weighted by Gasteiger charge is -2.34. The zero-order valence-corrected chi connectivity index (χ0v) is 14.0. The molecule has 0 bridgehead atoms. The molecule has 2 heterocycles. The van der Waals surface area contributed by atoms with Crippen LogP contribution in [0.1, 0.15) is 24.6 Å². The lowest BCUT2D eigenvalue weighted by Crippen LogP contribution is -2.45. The Morgan fingerprint density at radius 3 is 2.73 bits per heavy atom. The molecule has 3 rings (SSSR count). The van der Waals surface area contributed by atoms with Crippen LogP contribution in [0.15, 0.2) is 34.9 Å². The molecule has 2 atom stereocenters. The molecule has 4 nitrogen and oxygen atoms in total. The number of hydrogen-bond donors (Lipinski definition) is 1. The molecular formula is C17H24ClN3O. The first-order valence-corrected chi connectivity index (χ1v) is 7.61. The molecule has 22 heavy (non-hydrogen) atoms. The number of piperidine rings is 1. The van der Waals surface area contributed by atoms with Crippen molar-refractivity contribution >= 4 is 12.4 Å². The number of oxazole rings is 1. The summed E-state index contributed by atoms with van der Waals surface area (Å²) >= 11 is 0. The lowest BCUT2D eigenvalue weighted by molar-refractivity contribution is 0.156. The Morgan fingerprint density at radius 1 is 1.32 bits per heavy atom. The number of likely N-dealkylation sites (tertiary alicyclic amines) is 1. The monoisotopic (exact) mass is 321 g/mol. The third-order valence-electron chi connectivity index (χ3n) is 4.29. The van der Waals surface area contributed by atoms with Gasteiger partial charge < -0.3 is 10.2 Å². The summed E-state index contributed by atoms with van der Waals surface area (Å²) in [6.45, 7) is 7.21. The van der Waals surface area contributed by atoms with Gasteiger partial charge in [0.05, 0.1) is 5.69 Å². The van der Waals surface area contributed by atoms with Gasteiger partial charge >= 0.3 is 0 Å². The molecule has 1 fully saturated rings. The molecule has 1 aromatic heterocycles. The third-order valence-corrected chi connectivity index (χ3v) is 4.29. The predicted molar refractivity (Wildman–Crippen MR) is 91.0 cm³/mol. The molecule has 120 valence electrons. The highest BCUT2D eigenvalue weighted by Crippen LogP contribution is 2.21. The smallest absolute Gasteiger partial charge is 0.226 e. The van der Waals surface area contributed by atoms with E-state index in [1.165, 1.54) is 5.56 Å². The van der Waals surface area contributed by atoms with Gasteiger partial charge in [0.1, 0.15) is 6.26 Å². The number of nitrogens with zero attached hydrogens (tertiary/aromatic N) is 2. The first-order chi connectivity index (χ1) is 10.1. The Bertz CT molecular complexity index is 596. The van der Waals surface area contributed by atoms with E-state index in [1.54, 1.807) is 6.26 Å². The van der Waals surface area contributed by atoms with Gasteiger partial charge in [-0.25, -0.2) is 4.98 Å². The second kappa shape index (κ2) is 7.27. The maximum absolute atomic E-state index is 6.07. The van der Waals surface area contributed by atoms with Crippen LogP contribution in [0.5, 0.6) is 0 Å². The highest BCUT2D eigenvalue weighted by molar-refractivity contribution is 5.85. The van der Waals surface area contributed by atoms with E-state index in [4.69, 9.17) is 10.2 Å². The van der Waals surface area contributed by atoms with Crippen LogP contribution in [0.25, 0.3) is 11.5 Å². The maximum atomic E-state index is 6.07. The first kappa shape index (κ1) is 17.0.